The standard InChI is InChI=1S/C15H32NO3PS/c1-13(2)14(3)20(17,19-15(4,5)6)21-12-9-16-7-10-18-11-8-16/h13-14H,7-12H2,1-6H3. The van der Waals surface area contributed by atoms with Gasteiger partial charge in [0.1, 0.15) is 0 Å². The van der Waals surface area contributed by atoms with Crippen LogP contribution in [-0.4, -0.2) is 54.8 Å². The van der Waals surface area contributed by atoms with E-state index in [4.69, 9.17) is 9.26 Å². The van der Waals surface area contributed by atoms with Crippen molar-refractivity contribution in [3.8, 4) is 0 Å². The van der Waals surface area contributed by atoms with E-state index in [0.717, 1.165) is 38.6 Å². The Kier molecular flexibility index (Phi) is 7.76. The molecule has 0 aliphatic carbocycles. The smallest absolute Gasteiger partial charge is 0.261 e. The summed E-state index contributed by atoms with van der Waals surface area (Å²) in [5.74, 6) is 1.21. The minimum absolute atomic E-state index is 0.0754. The second kappa shape index (κ2) is 8.35. The molecule has 126 valence electrons. The van der Waals surface area contributed by atoms with E-state index in [0.29, 0.717) is 5.92 Å². The topological polar surface area (TPSA) is 38.8 Å². The van der Waals surface area contributed by atoms with E-state index in [1.54, 1.807) is 0 Å². The van der Waals surface area contributed by atoms with Crippen molar-refractivity contribution in [1.29, 1.82) is 0 Å². The van der Waals surface area contributed by atoms with Crippen LogP contribution in [0.3, 0.4) is 0 Å². The van der Waals surface area contributed by atoms with Crippen molar-refractivity contribution in [2.24, 2.45) is 5.92 Å². The molecule has 0 amide bonds. The van der Waals surface area contributed by atoms with Gasteiger partial charge in [-0.25, -0.2) is 0 Å². The monoisotopic (exact) mass is 337 g/mol. The number of morpholine rings is 1. The fraction of sp³-hybridized carbons (Fsp3) is 1.00. The zero-order chi connectivity index (χ0) is 16.1. The molecular formula is C15H32NO3PS. The average molecular weight is 337 g/mol. The highest BCUT2D eigenvalue weighted by atomic mass is 32.7. The first-order chi connectivity index (χ1) is 9.64. The molecule has 1 aliphatic heterocycles. The molecule has 1 fully saturated rings. The van der Waals surface area contributed by atoms with Gasteiger partial charge in [-0.15, -0.1) is 0 Å². The largest absolute Gasteiger partial charge is 0.379 e. The molecule has 4 nitrogen and oxygen atoms in total. The van der Waals surface area contributed by atoms with Gasteiger partial charge in [0.25, 0.3) is 6.57 Å². The molecular weight excluding hydrogens is 305 g/mol. The minimum Gasteiger partial charge on any atom is -0.379 e. The van der Waals surface area contributed by atoms with E-state index >= 15 is 0 Å². The van der Waals surface area contributed by atoms with Gasteiger partial charge in [0.05, 0.1) is 18.8 Å². The van der Waals surface area contributed by atoms with Crippen molar-refractivity contribution in [2.75, 3.05) is 38.6 Å². The summed E-state index contributed by atoms with van der Waals surface area (Å²) < 4.78 is 24.7. The lowest BCUT2D eigenvalue weighted by atomic mass is 10.2. The molecule has 21 heavy (non-hydrogen) atoms. The van der Waals surface area contributed by atoms with E-state index in [9.17, 15) is 4.57 Å². The van der Waals surface area contributed by atoms with Crippen molar-refractivity contribution < 1.29 is 13.8 Å². The van der Waals surface area contributed by atoms with Crippen LogP contribution in [0, 0.1) is 5.92 Å². The first-order valence-corrected chi connectivity index (χ1v) is 11.2. The number of ether oxygens (including phenoxy) is 1. The predicted octanol–water partition coefficient (Wildman–Crippen LogP) is 4.10. The summed E-state index contributed by atoms with van der Waals surface area (Å²) in [7, 11) is 0. The molecule has 0 aromatic rings. The first kappa shape index (κ1) is 19.5. The first-order valence-electron chi connectivity index (χ1n) is 7.89. The SMILES string of the molecule is CC(C)C(C)P(=O)(OC(C)(C)C)SCCN1CCOCC1. The molecule has 1 aliphatic rings. The summed E-state index contributed by atoms with van der Waals surface area (Å²) in [6, 6.07) is 0. The lowest BCUT2D eigenvalue weighted by Crippen LogP contribution is -2.37. The van der Waals surface area contributed by atoms with Crippen LogP contribution in [0.4, 0.5) is 0 Å². The molecule has 0 aromatic carbocycles. The van der Waals surface area contributed by atoms with Gasteiger partial charge in [-0.1, -0.05) is 32.2 Å². The summed E-state index contributed by atoms with van der Waals surface area (Å²) in [6.45, 7) is 14.1. The predicted molar refractivity (Wildman–Crippen MR) is 92.5 cm³/mol. The summed E-state index contributed by atoms with van der Waals surface area (Å²) in [4.78, 5) is 2.37. The maximum Gasteiger partial charge on any atom is 0.261 e. The van der Waals surface area contributed by atoms with Crippen molar-refractivity contribution in [3.63, 3.8) is 0 Å². The Bertz CT molecular complexity index is 351. The quantitative estimate of drug-likeness (QED) is 0.654. The fourth-order valence-corrected chi connectivity index (χ4v) is 7.91. The van der Waals surface area contributed by atoms with E-state index in [1.807, 2.05) is 20.8 Å². The molecule has 0 N–H and O–H groups in total. The third kappa shape index (κ3) is 7.04. The molecule has 0 saturated carbocycles. The van der Waals surface area contributed by atoms with E-state index in [1.165, 1.54) is 11.4 Å². The Hall–Kier alpha value is 0.460. The Morgan fingerprint density at radius 1 is 1.24 bits per heavy atom. The lowest BCUT2D eigenvalue weighted by Gasteiger charge is -2.33. The maximum atomic E-state index is 13.3. The Labute approximate surface area is 134 Å². The van der Waals surface area contributed by atoms with Gasteiger partial charge >= 0.3 is 0 Å². The van der Waals surface area contributed by atoms with Crippen molar-refractivity contribution >= 4 is 18.0 Å². The number of hydrogen-bond acceptors (Lipinski definition) is 5. The van der Waals surface area contributed by atoms with Crippen LogP contribution in [0.2, 0.25) is 0 Å². The van der Waals surface area contributed by atoms with Crippen molar-refractivity contribution in [1.82, 2.24) is 4.90 Å². The van der Waals surface area contributed by atoms with Crippen LogP contribution < -0.4 is 0 Å². The molecule has 2 atom stereocenters. The van der Waals surface area contributed by atoms with Crippen LogP contribution in [0.1, 0.15) is 41.5 Å². The fourth-order valence-electron chi connectivity index (χ4n) is 2.10. The van der Waals surface area contributed by atoms with Gasteiger partial charge in [-0.3, -0.25) is 9.46 Å². The van der Waals surface area contributed by atoms with Crippen molar-refractivity contribution in [2.45, 2.75) is 52.8 Å². The third-order valence-electron chi connectivity index (χ3n) is 3.65. The number of hydrogen-bond donors (Lipinski definition) is 0. The van der Waals surface area contributed by atoms with Gasteiger partial charge < -0.3 is 9.26 Å². The van der Waals surface area contributed by atoms with Crippen LogP contribution in [0.5, 0.6) is 0 Å². The molecule has 0 aromatic heterocycles. The second-order valence-electron chi connectivity index (χ2n) is 7.02. The summed E-state index contributed by atoms with van der Waals surface area (Å²) in [6.07, 6.45) is 0. The van der Waals surface area contributed by atoms with Crippen LogP contribution in [-0.2, 0) is 13.8 Å². The van der Waals surface area contributed by atoms with Gasteiger partial charge in [0, 0.05) is 31.0 Å². The zero-order valence-electron chi connectivity index (χ0n) is 14.4. The molecule has 6 heteroatoms. The van der Waals surface area contributed by atoms with Gasteiger partial charge in [-0.05, 0) is 26.7 Å². The molecule has 2 unspecified atom stereocenters. The summed E-state index contributed by atoms with van der Waals surface area (Å²) in [5.41, 5.74) is -0.295. The summed E-state index contributed by atoms with van der Waals surface area (Å²) >= 11 is 1.53. The minimum atomic E-state index is -2.70. The molecule has 1 heterocycles. The molecule has 0 bridgehead atoms. The van der Waals surface area contributed by atoms with Crippen LogP contribution >= 0.6 is 18.0 Å². The highest BCUT2D eigenvalue weighted by molar-refractivity contribution is 8.56. The Morgan fingerprint density at radius 3 is 2.29 bits per heavy atom. The van der Waals surface area contributed by atoms with Crippen LogP contribution in [0.25, 0.3) is 0 Å². The zero-order valence-corrected chi connectivity index (χ0v) is 16.1. The third-order valence-corrected chi connectivity index (χ3v) is 9.62. The van der Waals surface area contributed by atoms with E-state index in [-0.39, 0.29) is 11.3 Å². The molecule has 1 saturated heterocycles. The van der Waals surface area contributed by atoms with Crippen LogP contribution in [0.15, 0.2) is 0 Å². The van der Waals surface area contributed by atoms with Gasteiger partial charge in [0.2, 0.25) is 0 Å². The number of nitrogens with zero attached hydrogens (tertiary/aromatic N) is 1. The maximum absolute atomic E-state index is 13.3. The highest BCUT2D eigenvalue weighted by Crippen LogP contribution is 2.66. The second-order valence-corrected chi connectivity index (χ2v) is 12.1. The van der Waals surface area contributed by atoms with Crippen molar-refractivity contribution in [3.05, 3.63) is 0 Å². The average Bonchev–Trinajstić information content (AvgIpc) is 2.36. The van der Waals surface area contributed by atoms with Gasteiger partial charge in [0.15, 0.2) is 0 Å². The molecule has 0 radical (unpaired) electrons. The molecule has 1 rings (SSSR count). The van der Waals surface area contributed by atoms with Gasteiger partial charge in [-0.2, -0.15) is 0 Å². The lowest BCUT2D eigenvalue weighted by molar-refractivity contribution is 0.0410. The van der Waals surface area contributed by atoms with E-state index < -0.39 is 6.57 Å². The molecule has 0 spiro atoms. The highest BCUT2D eigenvalue weighted by Gasteiger charge is 2.37. The Balaban J connectivity index is 2.58. The number of rotatable bonds is 7. The Morgan fingerprint density at radius 2 is 1.81 bits per heavy atom. The normalized spacial score (nSPS) is 22.2. The van der Waals surface area contributed by atoms with E-state index in [2.05, 4.69) is 25.7 Å². The summed E-state index contributed by atoms with van der Waals surface area (Å²) in [5, 5.41) is 0.